The van der Waals surface area contributed by atoms with E-state index in [2.05, 4.69) is 15.5 Å². The normalized spacial score (nSPS) is 9.50. The summed E-state index contributed by atoms with van der Waals surface area (Å²) in [6.07, 6.45) is 1.53. The molecule has 0 aliphatic heterocycles. The summed E-state index contributed by atoms with van der Waals surface area (Å²) < 4.78 is 4.78. The average molecular weight is 169 g/mol. The molecule has 0 saturated heterocycles. The molecule has 0 spiro atoms. The van der Waals surface area contributed by atoms with Crippen LogP contribution in [0.15, 0.2) is 6.20 Å². The van der Waals surface area contributed by atoms with E-state index < -0.39 is 0 Å². The van der Waals surface area contributed by atoms with Gasteiger partial charge >= 0.3 is 5.97 Å². The molecule has 0 unspecified atom stereocenters. The first-order valence-electron chi connectivity index (χ1n) is 3.67. The second kappa shape index (κ2) is 3.75. The highest BCUT2D eigenvalue weighted by molar-refractivity contribution is 5.93. The summed E-state index contributed by atoms with van der Waals surface area (Å²) in [6.45, 7) is 2.12. The Hall–Kier alpha value is -1.52. The average Bonchev–Trinajstić information content (AvgIpc) is 2.51. The van der Waals surface area contributed by atoms with E-state index in [1.807, 2.05) is 0 Å². The predicted octanol–water partition coefficient (Wildman–Crippen LogP) is 0.628. The molecule has 1 aromatic rings. The number of esters is 1. The monoisotopic (exact) mass is 169 g/mol. The maximum absolute atomic E-state index is 11.2. The van der Waals surface area contributed by atoms with Crippen LogP contribution in [0.1, 0.15) is 17.4 Å². The Balaban J connectivity index is 2.79. The van der Waals surface area contributed by atoms with Gasteiger partial charge in [0, 0.05) is 7.05 Å². The van der Waals surface area contributed by atoms with Crippen LogP contribution in [0, 0.1) is 0 Å². The molecule has 0 radical (unpaired) electrons. The van der Waals surface area contributed by atoms with Crippen molar-refractivity contribution in [3.05, 3.63) is 11.9 Å². The number of rotatable bonds is 3. The number of hydrogen-bond acceptors (Lipinski definition) is 4. The minimum Gasteiger partial charge on any atom is -0.461 e. The number of aromatic nitrogens is 2. The summed E-state index contributed by atoms with van der Waals surface area (Å²) in [5.74, 6) is -0.389. The molecule has 0 bridgehead atoms. The highest BCUT2D eigenvalue weighted by Crippen LogP contribution is 2.10. The van der Waals surface area contributed by atoms with Crippen LogP contribution in [-0.2, 0) is 4.74 Å². The van der Waals surface area contributed by atoms with E-state index in [4.69, 9.17) is 4.74 Å². The van der Waals surface area contributed by atoms with E-state index in [9.17, 15) is 4.79 Å². The zero-order valence-electron chi connectivity index (χ0n) is 7.05. The summed E-state index contributed by atoms with van der Waals surface area (Å²) in [6, 6.07) is 0. The minimum atomic E-state index is -0.389. The molecule has 2 N–H and O–H groups in total. The Kier molecular flexibility index (Phi) is 2.68. The SMILES string of the molecule is CCOC(=O)c1[nH]ncc1NC. The number of hydrogen-bond donors (Lipinski definition) is 2. The third kappa shape index (κ3) is 1.55. The van der Waals surface area contributed by atoms with Gasteiger partial charge in [0.2, 0.25) is 0 Å². The van der Waals surface area contributed by atoms with E-state index in [1.165, 1.54) is 6.20 Å². The second-order valence-electron chi connectivity index (χ2n) is 2.13. The maximum Gasteiger partial charge on any atom is 0.358 e. The number of anilines is 1. The van der Waals surface area contributed by atoms with Crippen LogP contribution in [0.25, 0.3) is 0 Å². The van der Waals surface area contributed by atoms with Gasteiger partial charge in [-0.15, -0.1) is 0 Å². The Bertz CT molecular complexity index is 269. The quantitative estimate of drug-likeness (QED) is 0.651. The van der Waals surface area contributed by atoms with Gasteiger partial charge in [-0.05, 0) is 6.92 Å². The molecule has 0 amide bonds. The summed E-state index contributed by atoms with van der Waals surface area (Å²) in [4.78, 5) is 11.2. The van der Waals surface area contributed by atoms with Gasteiger partial charge < -0.3 is 10.1 Å². The van der Waals surface area contributed by atoms with Crippen LogP contribution in [0.4, 0.5) is 5.69 Å². The van der Waals surface area contributed by atoms with Crippen molar-refractivity contribution in [3.63, 3.8) is 0 Å². The lowest BCUT2D eigenvalue weighted by Crippen LogP contribution is -2.07. The zero-order valence-corrected chi connectivity index (χ0v) is 7.05. The maximum atomic E-state index is 11.2. The van der Waals surface area contributed by atoms with Crippen molar-refractivity contribution in [2.75, 3.05) is 19.0 Å². The van der Waals surface area contributed by atoms with Crippen molar-refractivity contribution in [3.8, 4) is 0 Å². The number of carbonyl (C=O) groups is 1. The smallest absolute Gasteiger partial charge is 0.358 e. The topological polar surface area (TPSA) is 67.0 Å². The standard InChI is InChI=1S/C7H11N3O2/c1-3-12-7(11)6-5(8-2)4-9-10-6/h4,8H,3H2,1-2H3,(H,9,10). The van der Waals surface area contributed by atoms with Crippen molar-refractivity contribution in [2.24, 2.45) is 0 Å². The molecular formula is C7H11N3O2. The Morgan fingerprint density at radius 1 is 1.83 bits per heavy atom. The molecule has 12 heavy (non-hydrogen) atoms. The predicted molar refractivity (Wildman–Crippen MR) is 44.1 cm³/mol. The molecule has 0 aromatic carbocycles. The summed E-state index contributed by atoms with van der Waals surface area (Å²) in [7, 11) is 1.72. The second-order valence-corrected chi connectivity index (χ2v) is 2.13. The molecule has 0 saturated carbocycles. The Morgan fingerprint density at radius 3 is 3.17 bits per heavy atom. The van der Waals surface area contributed by atoms with Crippen molar-refractivity contribution in [1.82, 2.24) is 10.2 Å². The third-order valence-electron chi connectivity index (χ3n) is 1.39. The van der Waals surface area contributed by atoms with Crippen LogP contribution in [0.3, 0.4) is 0 Å². The van der Waals surface area contributed by atoms with Crippen LogP contribution in [0.2, 0.25) is 0 Å². The fourth-order valence-electron chi connectivity index (χ4n) is 0.835. The molecule has 0 atom stereocenters. The Morgan fingerprint density at radius 2 is 2.58 bits per heavy atom. The van der Waals surface area contributed by atoms with Crippen LogP contribution in [0.5, 0.6) is 0 Å². The molecule has 66 valence electrons. The fourth-order valence-corrected chi connectivity index (χ4v) is 0.835. The Labute approximate surface area is 70.1 Å². The van der Waals surface area contributed by atoms with Crippen molar-refractivity contribution in [1.29, 1.82) is 0 Å². The van der Waals surface area contributed by atoms with Gasteiger partial charge in [-0.3, -0.25) is 5.10 Å². The van der Waals surface area contributed by atoms with E-state index >= 15 is 0 Å². The number of nitrogens with one attached hydrogen (secondary N) is 2. The third-order valence-corrected chi connectivity index (χ3v) is 1.39. The summed E-state index contributed by atoms with van der Waals surface area (Å²) >= 11 is 0. The van der Waals surface area contributed by atoms with Gasteiger partial charge in [0.05, 0.1) is 18.5 Å². The number of carbonyl (C=O) groups excluding carboxylic acids is 1. The molecule has 0 aliphatic carbocycles. The first kappa shape index (κ1) is 8.58. The highest BCUT2D eigenvalue weighted by atomic mass is 16.5. The number of nitrogens with zero attached hydrogens (tertiary/aromatic N) is 1. The number of aromatic amines is 1. The van der Waals surface area contributed by atoms with E-state index in [1.54, 1.807) is 14.0 Å². The molecule has 5 nitrogen and oxygen atoms in total. The lowest BCUT2D eigenvalue weighted by atomic mass is 10.4. The molecule has 5 heteroatoms. The van der Waals surface area contributed by atoms with Crippen LogP contribution in [-0.4, -0.2) is 29.8 Å². The van der Waals surface area contributed by atoms with E-state index in [-0.39, 0.29) is 5.97 Å². The van der Waals surface area contributed by atoms with E-state index in [0.717, 1.165) is 0 Å². The molecule has 1 rings (SSSR count). The minimum absolute atomic E-state index is 0.361. The lowest BCUT2D eigenvalue weighted by Gasteiger charge is -2.00. The van der Waals surface area contributed by atoms with Gasteiger partial charge in [0.1, 0.15) is 0 Å². The van der Waals surface area contributed by atoms with Crippen molar-refractivity contribution >= 4 is 11.7 Å². The number of ether oxygens (including phenoxy) is 1. The number of H-pyrrole nitrogens is 1. The summed E-state index contributed by atoms with van der Waals surface area (Å²) in [5, 5.41) is 9.08. The van der Waals surface area contributed by atoms with Crippen LogP contribution < -0.4 is 5.32 Å². The fraction of sp³-hybridized carbons (Fsp3) is 0.429. The van der Waals surface area contributed by atoms with Gasteiger partial charge in [-0.1, -0.05) is 0 Å². The molecular weight excluding hydrogens is 158 g/mol. The van der Waals surface area contributed by atoms with Crippen molar-refractivity contribution in [2.45, 2.75) is 6.92 Å². The lowest BCUT2D eigenvalue weighted by molar-refractivity contribution is 0.0520. The molecule has 1 aromatic heterocycles. The van der Waals surface area contributed by atoms with Gasteiger partial charge in [-0.25, -0.2) is 4.79 Å². The highest BCUT2D eigenvalue weighted by Gasteiger charge is 2.12. The van der Waals surface area contributed by atoms with Crippen LogP contribution >= 0.6 is 0 Å². The van der Waals surface area contributed by atoms with Crippen molar-refractivity contribution < 1.29 is 9.53 Å². The molecule has 0 aliphatic rings. The van der Waals surface area contributed by atoms with E-state index in [0.29, 0.717) is 18.0 Å². The zero-order chi connectivity index (χ0) is 8.97. The largest absolute Gasteiger partial charge is 0.461 e. The summed E-state index contributed by atoms with van der Waals surface area (Å²) in [5.41, 5.74) is 1.01. The molecule has 0 fully saturated rings. The van der Waals surface area contributed by atoms with Gasteiger partial charge in [0.15, 0.2) is 5.69 Å². The molecule has 1 heterocycles. The first-order chi connectivity index (χ1) is 5.79. The van der Waals surface area contributed by atoms with Gasteiger partial charge in [0.25, 0.3) is 0 Å². The van der Waals surface area contributed by atoms with Gasteiger partial charge in [-0.2, -0.15) is 5.10 Å². The first-order valence-corrected chi connectivity index (χ1v) is 3.67.